The number of hydrogen-bond donors (Lipinski definition) is 2. The van der Waals surface area contributed by atoms with Crippen LogP contribution < -0.4 is 15.4 Å². The fraction of sp³-hybridized carbons (Fsp3) is 0.333. The van der Waals surface area contributed by atoms with Crippen molar-refractivity contribution in [2.45, 2.75) is 33.6 Å². The van der Waals surface area contributed by atoms with Crippen molar-refractivity contribution in [3.63, 3.8) is 0 Å². The Labute approximate surface area is 154 Å². The molecule has 0 atom stereocenters. The molecule has 5 nitrogen and oxygen atoms in total. The summed E-state index contributed by atoms with van der Waals surface area (Å²) in [5, 5.41) is 5.68. The maximum Gasteiger partial charge on any atom is 0.225 e. The van der Waals surface area contributed by atoms with E-state index in [9.17, 15) is 9.59 Å². The topological polar surface area (TPSA) is 67.4 Å². The Hall–Kier alpha value is -2.82. The van der Waals surface area contributed by atoms with Crippen molar-refractivity contribution in [3.05, 3.63) is 54.6 Å². The Morgan fingerprint density at radius 1 is 0.923 bits per heavy atom. The van der Waals surface area contributed by atoms with E-state index in [0.29, 0.717) is 30.8 Å². The van der Waals surface area contributed by atoms with Crippen LogP contribution in [0.25, 0.3) is 0 Å². The molecule has 2 aromatic carbocycles. The molecule has 0 heterocycles. The first-order valence-electron chi connectivity index (χ1n) is 8.76. The number of carbonyl (C=O) groups excluding carboxylic acids is 2. The van der Waals surface area contributed by atoms with Gasteiger partial charge in [0.15, 0.2) is 0 Å². The van der Waals surface area contributed by atoms with Gasteiger partial charge in [0, 0.05) is 24.1 Å². The molecule has 2 aromatic rings. The molecule has 2 N–H and O–H groups in total. The van der Waals surface area contributed by atoms with E-state index in [-0.39, 0.29) is 11.8 Å². The summed E-state index contributed by atoms with van der Waals surface area (Å²) < 4.78 is 5.71. The summed E-state index contributed by atoms with van der Waals surface area (Å²) >= 11 is 0. The van der Waals surface area contributed by atoms with Gasteiger partial charge in [0.2, 0.25) is 11.8 Å². The molecule has 138 valence electrons. The SMILES string of the molecule is CC(C)(C)C(=O)NCCCC(=O)Nc1ccc(Oc2ccccc2)cc1. The molecule has 0 bridgehead atoms. The van der Waals surface area contributed by atoms with Crippen LogP contribution >= 0.6 is 0 Å². The van der Waals surface area contributed by atoms with Gasteiger partial charge in [-0.25, -0.2) is 0 Å². The zero-order chi connectivity index (χ0) is 19.0. The van der Waals surface area contributed by atoms with Crippen LogP contribution in [0.2, 0.25) is 0 Å². The zero-order valence-corrected chi connectivity index (χ0v) is 15.5. The summed E-state index contributed by atoms with van der Waals surface area (Å²) in [6, 6.07) is 16.7. The van der Waals surface area contributed by atoms with E-state index in [0.717, 1.165) is 5.75 Å². The molecule has 0 spiro atoms. The quantitative estimate of drug-likeness (QED) is 0.726. The maximum atomic E-state index is 12.0. The number of carbonyl (C=O) groups is 2. The summed E-state index contributed by atoms with van der Waals surface area (Å²) in [5.74, 6) is 1.39. The largest absolute Gasteiger partial charge is 0.457 e. The number of hydrogen-bond acceptors (Lipinski definition) is 3. The number of anilines is 1. The second-order valence-corrected chi connectivity index (χ2v) is 7.10. The fourth-order valence-corrected chi connectivity index (χ4v) is 2.17. The Kier molecular flexibility index (Phi) is 6.78. The van der Waals surface area contributed by atoms with E-state index >= 15 is 0 Å². The summed E-state index contributed by atoms with van der Waals surface area (Å²) in [6.07, 6.45) is 0.954. The lowest BCUT2D eigenvalue weighted by molar-refractivity contribution is -0.128. The predicted molar refractivity (Wildman–Crippen MR) is 103 cm³/mol. The van der Waals surface area contributed by atoms with Crippen molar-refractivity contribution in [3.8, 4) is 11.5 Å². The number of benzene rings is 2. The molecule has 0 aliphatic heterocycles. The maximum absolute atomic E-state index is 12.0. The Morgan fingerprint density at radius 3 is 2.15 bits per heavy atom. The Bertz CT molecular complexity index is 719. The third-order valence-corrected chi connectivity index (χ3v) is 3.66. The van der Waals surface area contributed by atoms with E-state index in [4.69, 9.17) is 4.74 Å². The monoisotopic (exact) mass is 354 g/mol. The van der Waals surface area contributed by atoms with Crippen LogP contribution in [-0.4, -0.2) is 18.4 Å². The molecule has 0 saturated heterocycles. The molecule has 0 aliphatic rings. The van der Waals surface area contributed by atoms with Crippen LogP contribution in [0.1, 0.15) is 33.6 Å². The third-order valence-electron chi connectivity index (χ3n) is 3.66. The molecular weight excluding hydrogens is 328 g/mol. The normalized spacial score (nSPS) is 10.9. The van der Waals surface area contributed by atoms with Gasteiger partial charge in [-0.1, -0.05) is 39.0 Å². The van der Waals surface area contributed by atoms with E-state index < -0.39 is 5.41 Å². The Balaban J connectivity index is 1.73. The average molecular weight is 354 g/mol. The minimum absolute atomic E-state index is 0.00749. The standard InChI is InChI=1S/C21H26N2O3/c1-21(2,3)20(25)22-15-7-10-19(24)23-16-11-13-18(14-12-16)26-17-8-5-4-6-9-17/h4-6,8-9,11-14H,7,10,15H2,1-3H3,(H,22,25)(H,23,24). The molecule has 0 radical (unpaired) electrons. The van der Waals surface area contributed by atoms with Crippen LogP contribution in [0, 0.1) is 5.41 Å². The molecule has 0 aromatic heterocycles. The van der Waals surface area contributed by atoms with Crippen molar-refractivity contribution in [1.82, 2.24) is 5.32 Å². The highest BCUT2D eigenvalue weighted by Crippen LogP contribution is 2.22. The fourth-order valence-electron chi connectivity index (χ4n) is 2.17. The summed E-state index contributed by atoms with van der Waals surface area (Å²) in [5.41, 5.74) is 0.306. The smallest absolute Gasteiger partial charge is 0.225 e. The van der Waals surface area contributed by atoms with Gasteiger partial charge in [-0.3, -0.25) is 9.59 Å². The average Bonchev–Trinajstić information content (AvgIpc) is 2.60. The molecular formula is C21H26N2O3. The van der Waals surface area contributed by atoms with Gasteiger partial charge in [0.25, 0.3) is 0 Å². The molecule has 0 aliphatic carbocycles. The molecule has 2 rings (SSSR count). The van der Waals surface area contributed by atoms with Crippen molar-refractivity contribution in [2.75, 3.05) is 11.9 Å². The molecule has 0 unspecified atom stereocenters. The van der Waals surface area contributed by atoms with E-state index in [1.807, 2.05) is 63.2 Å². The third kappa shape index (κ3) is 6.59. The van der Waals surface area contributed by atoms with Crippen LogP contribution in [0.15, 0.2) is 54.6 Å². The molecule has 26 heavy (non-hydrogen) atoms. The summed E-state index contributed by atoms with van der Waals surface area (Å²) in [7, 11) is 0. The van der Waals surface area contributed by atoms with Gasteiger partial charge in [-0.05, 0) is 42.8 Å². The van der Waals surface area contributed by atoms with E-state index in [1.165, 1.54) is 0 Å². The first kappa shape index (κ1) is 19.5. The van der Waals surface area contributed by atoms with Crippen LogP contribution in [-0.2, 0) is 9.59 Å². The number of rotatable bonds is 7. The molecule has 5 heteroatoms. The number of para-hydroxylation sites is 1. The van der Waals surface area contributed by atoms with Gasteiger partial charge in [0.05, 0.1) is 0 Å². The first-order chi connectivity index (χ1) is 12.3. The lowest BCUT2D eigenvalue weighted by atomic mass is 9.96. The van der Waals surface area contributed by atoms with Gasteiger partial charge in [0.1, 0.15) is 11.5 Å². The highest BCUT2D eigenvalue weighted by molar-refractivity contribution is 5.90. The lowest BCUT2D eigenvalue weighted by Gasteiger charge is -2.17. The van der Waals surface area contributed by atoms with Gasteiger partial charge < -0.3 is 15.4 Å². The van der Waals surface area contributed by atoms with Crippen molar-refractivity contribution < 1.29 is 14.3 Å². The predicted octanol–water partition coefficient (Wildman–Crippen LogP) is 4.36. The second kappa shape index (κ2) is 9.04. The minimum Gasteiger partial charge on any atom is -0.457 e. The van der Waals surface area contributed by atoms with E-state index in [2.05, 4.69) is 10.6 Å². The number of nitrogens with one attached hydrogen (secondary N) is 2. The molecule has 0 fully saturated rings. The number of ether oxygens (including phenoxy) is 1. The van der Waals surface area contributed by atoms with Crippen molar-refractivity contribution in [1.29, 1.82) is 0 Å². The van der Waals surface area contributed by atoms with E-state index in [1.54, 1.807) is 12.1 Å². The van der Waals surface area contributed by atoms with Crippen molar-refractivity contribution in [2.24, 2.45) is 5.41 Å². The van der Waals surface area contributed by atoms with Crippen LogP contribution in [0.4, 0.5) is 5.69 Å². The van der Waals surface area contributed by atoms with Crippen LogP contribution in [0.3, 0.4) is 0 Å². The van der Waals surface area contributed by atoms with Gasteiger partial charge in [-0.15, -0.1) is 0 Å². The number of amides is 2. The Morgan fingerprint density at radius 2 is 1.54 bits per heavy atom. The second-order valence-electron chi connectivity index (χ2n) is 7.10. The van der Waals surface area contributed by atoms with Gasteiger partial charge >= 0.3 is 0 Å². The highest BCUT2D eigenvalue weighted by Gasteiger charge is 2.20. The highest BCUT2D eigenvalue weighted by atomic mass is 16.5. The minimum atomic E-state index is -0.411. The lowest BCUT2D eigenvalue weighted by Crippen LogP contribution is -2.35. The molecule has 0 saturated carbocycles. The first-order valence-corrected chi connectivity index (χ1v) is 8.76. The van der Waals surface area contributed by atoms with Crippen molar-refractivity contribution >= 4 is 17.5 Å². The summed E-state index contributed by atoms with van der Waals surface area (Å²) in [4.78, 5) is 23.7. The van der Waals surface area contributed by atoms with Gasteiger partial charge in [-0.2, -0.15) is 0 Å². The molecule has 2 amide bonds. The summed E-state index contributed by atoms with van der Waals surface area (Å²) in [6.45, 7) is 6.08. The zero-order valence-electron chi connectivity index (χ0n) is 15.5. The van der Waals surface area contributed by atoms with Crippen LogP contribution in [0.5, 0.6) is 11.5 Å².